The van der Waals surface area contributed by atoms with Gasteiger partial charge in [-0.15, -0.1) is 0 Å². The zero-order chi connectivity index (χ0) is 10.0. The third-order valence-corrected chi connectivity index (χ3v) is 1.42. The van der Waals surface area contributed by atoms with Crippen LogP contribution in [0.1, 0.15) is 10.5 Å². The van der Waals surface area contributed by atoms with E-state index >= 15 is 0 Å². The summed E-state index contributed by atoms with van der Waals surface area (Å²) in [5.41, 5.74) is -0.558. The van der Waals surface area contributed by atoms with E-state index in [1.165, 1.54) is 7.05 Å². The summed E-state index contributed by atoms with van der Waals surface area (Å²) in [4.78, 5) is 14.2. The number of hydrogen-bond acceptors (Lipinski definition) is 4. The summed E-state index contributed by atoms with van der Waals surface area (Å²) in [6, 6.07) is 0. The molecule has 0 saturated heterocycles. The van der Waals surface area contributed by atoms with Gasteiger partial charge in [-0.05, 0) is 0 Å². The zero-order valence-electron chi connectivity index (χ0n) is 6.71. The Kier molecular flexibility index (Phi) is 2.32. The Hall–Kier alpha value is -1.85. The molecule has 0 aliphatic heterocycles. The molecule has 13 heavy (non-hydrogen) atoms. The van der Waals surface area contributed by atoms with Gasteiger partial charge in [0, 0.05) is 7.05 Å². The van der Waals surface area contributed by atoms with Gasteiger partial charge in [0.05, 0.1) is 6.20 Å². The van der Waals surface area contributed by atoms with Crippen molar-refractivity contribution in [1.82, 2.24) is 10.3 Å². The first kappa shape index (κ1) is 9.24. The minimum atomic E-state index is -1.24. The van der Waals surface area contributed by atoms with Gasteiger partial charge in [0.15, 0.2) is 23.0 Å². The highest BCUT2D eigenvalue weighted by atomic mass is 19.1. The van der Waals surface area contributed by atoms with Crippen LogP contribution in [0.5, 0.6) is 11.5 Å². The number of nitrogens with zero attached hydrogens (tertiary/aromatic N) is 1. The lowest BCUT2D eigenvalue weighted by Gasteiger charge is -2.02. The molecule has 0 aliphatic carbocycles. The van der Waals surface area contributed by atoms with Crippen LogP contribution in [0.4, 0.5) is 4.39 Å². The molecule has 0 spiro atoms. The van der Waals surface area contributed by atoms with Gasteiger partial charge in [0.1, 0.15) is 0 Å². The van der Waals surface area contributed by atoms with Gasteiger partial charge in [-0.1, -0.05) is 0 Å². The highest BCUT2D eigenvalue weighted by Crippen LogP contribution is 2.27. The van der Waals surface area contributed by atoms with Gasteiger partial charge in [-0.3, -0.25) is 4.79 Å². The molecular formula is C7H7FN2O3. The maximum Gasteiger partial charge on any atom is 0.272 e. The van der Waals surface area contributed by atoms with Crippen molar-refractivity contribution in [3.63, 3.8) is 0 Å². The normalized spacial score (nSPS) is 9.69. The van der Waals surface area contributed by atoms with Crippen molar-refractivity contribution < 1.29 is 19.4 Å². The predicted octanol–water partition coefficient (Wildman–Crippen LogP) is -0.00850. The van der Waals surface area contributed by atoms with Crippen molar-refractivity contribution in [2.24, 2.45) is 0 Å². The highest BCUT2D eigenvalue weighted by molar-refractivity contribution is 5.92. The fourth-order valence-electron chi connectivity index (χ4n) is 0.745. The first-order chi connectivity index (χ1) is 6.07. The fourth-order valence-corrected chi connectivity index (χ4v) is 0.745. The van der Waals surface area contributed by atoms with Gasteiger partial charge in [-0.25, -0.2) is 9.37 Å². The first-order valence-corrected chi connectivity index (χ1v) is 3.36. The van der Waals surface area contributed by atoms with Crippen molar-refractivity contribution in [2.45, 2.75) is 0 Å². The van der Waals surface area contributed by atoms with Crippen LogP contribution in [0.3, 0.4) is 0 Å². The van der Waals surface area contributed by atoms with Gasteiger partial charge < -0.3 is 15.5 Å². The number of hydrogen-bond donors (Lipinski definition) is 3. The molecule has 1 amide bonds. The van der Waals surface area contributed by atoms with Crippen LogP contribution in [-0.4, -0.2) is 28.2 Å². The van der Waals surface area contributed by atoms with E-state index in [4.69, 9.17) is 10.2 Å². The molecule has 0 fully saturated rings. The molecule has 6 heteroatoms. The number of aromatic hydroxyl groups is 2. The second-order valence-corrected chi connectivity index (χ2v) is 2.23. The van der Waals surface area contributed by atoms with Crippen LogP contribution in [-0.2, 0) is 0 Å². The third kappa shape index (κ3) is 1.51. The Morgan fingerprint density at radius 1 is 1.62 bits per heavy atom. The molecule has 3 N–H and O–H groups in total. The first-order valence-electron chi connectivity index (χ1n) is 3.36. The van der Waals surface area contributed by atoms with E-state index in [2.05, 4.69) is 10.3 Å². The Labute approximate surface area is 72.8 Å². The minimum absolute atomic E-state index is 0.558. The molecule has 0 radical (unpaired) electrons. The van der Waals surface area contributed by atoms with Crippen molar-refractivity contribution in [2.75, 3.05) is 7.05 Å². The van der Waals surface area contributed by atoms with E-state index in [1.54, 1.807) is 0 Å². The molecule has 0 aliphatic rings. The second-order valence-electron chi connectivity index (χ2n) is 2.23. The van der Waals surface area contributed by atoms with Gasteiger partial charge >= 0.3 is 0 Å². The lowest BCUT2D eigenvalue weighted by molar-refractivity contribution is 0.0952. The molecule has 1 aromatic heterocycles. The molecule has 1 heterocycles. The van der Waals surface area contributed by atoms with E-state index in [-0.39, 0.29) is 0 Å². The molecule has 1 rings (SSSR count). The van der Waals surface area contributed by atoms with Gasteiger partial charge in [0.25, 0.3) is 5.91 Å². The standard InChI is InChI=1S/C7H7FN2O3/c1-9-7(13)5-4(8)6(12)3(11)2-10-5/h2,11H,1H3,(H,9,13)(H,10,12). The SMILES string of the molecule is CNC(=O)c1ncc(O)c(O)c1F. The summed E-state index contributed by atoms with van der Waals surface area (Å²) in [5, 5.41) is 19.8. The zero-order valence-corrected chi connectivity index (χ0v) is 6.71. The summed E-state index contributed by atoms with van der Waals surface area (Å²) in [7, 11) is 1.30. The largest absolute Gasteiger partial charge is 0.503 e. The summed E-state index contributed by atoms with van der Waals surface area (Å²) in [6.45, 7) is 0. The Morgan fingerprint density at radius 2 is 2.23 bits per heavy atom. The van der Waals surface area contributed by atoms with E-state index in [0.29, 0.717) is 0 Å². The van der Waals surface area contributed by atoms with Crippen molar-refractivity contribution in [1.29, 1.82) is 0 Å². The topological polar surface area (TPSA) is 82.5 Å². The Morgan fingerprint density at radius 3 is 2.77 bits per heavy atom. The van der Waals surface area contributed by atoms with Gasteiger partial charge in [-0.2, -0.15) is 0 Å². The number of halogens is 1. The lowest BCUT2D eigenvalue weighted by Crippen LogP contribution is -2.20. The Balaban J connectivity index is 3.26. The second kappa shape index (κ2) is 3.26. The quantitative estimate of drug-likeness (QED) is 0.576. The number of nitrogens with one attached hydrogen (secondary N) is 1. The molecule has 0 bridgehead atoms. The van der Waals surface area contributed by atoms with Crippen LogP contribution in [0, 0.1) is 5.82 Å². The van der Waals surface area contributed by atoms with Gasteiger partial charge in [0.2, 0.25) is 0 Å². The maximum absolute atomic E-state index is 13.0. The third-order valence-electron chi connectivity index (χ3n) is 1.42. The molecule has 0 unspecified atom stereocenters. The average Bonchev–Trinajstić information content (AvgIpc) is 2.13. The molecule has 70 valence electrons. The average molecular weight is 186 g/mol. The van der Waals surface area contributed by atoms with Crippen LogP contribution in [0.15, 0.2) is 6.20 Å². The van der Waals surface area contributed by atoms with E-state index in [0.717, 1.165) is 6.20 Å². The van der Waals surface area contributed by atoms with Crippen molar-refractivity contribution >= 4 is 5.91 Å². The van der Waals surface area contributed by atoms with Crippen LogP contribution >= 0.6 is 0 Å². The summed E-state index contributed by atoms with van der Waals surface area (Å²) in [6.07, 6.45) is 0.795. The van der Waals surface area contributed by atoms with Crippen LogP contribution in [0.2, 0.25) is 0 Å². The van der Waals surface area contributed by atoms with E-state index in [9.17, 15) is 9.18 Å². The van der Waals surface area contributed by atoms with E-state index in [1.807, 2.05) is 0 Å². The molecule has 0 saturated carbocycles. The molecule has 5 nitrogen and oxygen atoms in total. The number of amides is 1. The molecule has 0 aromatic carbocycles. The summed E-state index contributed by atoms with van der Waals surface area (Å²) in [5.74, 6) is -3.69. The number of carbonyl (C=O) groups excluding carboxylic acids is 1. The fraction of sp³-hybridized carbons (Fsp3) is 0.143. The van der Waals surface area contributed by atoms with Crippen molar-refractivity contribution in [3.05, 3.63) is 17.7 Å². The molecular weight excluding hydrogens is 179 g/mol. The summed E-state index contributed by atoms with van der Waals surface area (Å²) < 4.78 is 13.0. The minimum Gasteiger partial charge on any atom is -0.503 e. The number of aromatic nitrogens is 1. The van der Waals surface area contributed by atoms with Crippen molar-refractivity contribution in [3.8, 4) is 11.5 Å². The maximum atomic E-state index is 13.0. The predicted molar refractivity (Wildman–Crippen MR) is 40.9 cm³/mol. The molecule has 1 aromatic rings. The number of carbonyl (C=O) groups is 1. The lowest BCUT2D eigenvalue weighted by atomic mass is 10.3. The van der Waals surface area contributed by atoms with Crippen LogP contribution in [0.25, 0.3) is 0 Å². The highest BCUT2D eigenvalue weighted by Gasteiger charge is 2.18. The Bertz CT molecular complexity index is 354. The number of pyridine rings is 1. The van der Waals surface area contributed by atoms with Crippen LogP contribution < -0.4 is 5.32 Å². The smallest absolute Gasteiger partial charge is 0.272 e. The monoisotopic (exact) mass is 186 g/mol. The number of rotatable bonds is 1. The van der Waals surface area contributed by atoms with E-state index < -0.39 is 28.9 Å². The summed E-state index contributed by atoms with van der Waals surface area (Å²) >= 11 is 0. The molecule has 0 atom stereocenters.